The number of carbonyl (C=O) groups excluding carboxylic acids is 1. The van der Waals surface area contributed by atoms with Crippen LogP contribution >= 0.6 is 0 Å². The van der Waals surface area contributed by atoms with Gasteiger partial charge < -0.3 is 14.7 Å². The molecule has 0 saturated heterocycles. The Labute approximate surface area is 92.5 Å². The summed E-state index contributed by atoms with van der Waals surface area (Å²) in [6, 6.07) is 0. The Hall–Kier alpha value is -1.85. The molecule has 1 atom stereocenters. The van der Waals surface area contributed by atoms with Gasteiger partial charge in [0.1, 0.15) is 0 Å². The zero-order chi connectivity index (χ0) is 11.7. The van der Waals surface area contributed by atoms with Crippen molar-refractivity contribution in [2.24, 2.45) is 5.16 Å². The number of carboxylic acid groups (broad SMARTS) is 1. The lowest BCUT2D eigenvalue weighted by molar-refractivity contribution is -0.315. The number of nitrogens with zero attached hydrogens (tertiary/aromatic N) is 3. The molecule has 0 aliphatic carbocycles. The SMILES string of the molecule is CCn1cc(C2=NO[C@@H](C(=O)[O-])C2)c(C)n1. The molecule has 2 rings (SSSR count). The van der Waals surface area contributed by atoms with Crippen LogP contribution in [0.1, 0.15) is 24.6 Å². The second kappa shape index (κ2) is 3.96. The van der Waals surface area contributed by atoms with E-state index in [9.17, 15) is 9.90 Å². The standard InChI is InChI=1S/C10H13N3O3/c1-3-13-5-7(6(2)11-13)8-4-9(10(14)15)16-12-8/h5,9H,3-4H2,1-2H3,(H,14,15)/p-1/t9-/m1/s1. The average Bonchev–Trinajstić information content (AvgIpc) is 2.83. The summed E-state index contributed by atoms with van der Waals surface area (Å²) >= 11 is 0. The lowest BCUT2D eigenvalue weighted by Gasteiger charge is -2.07. The molecule has 6 heteroatoms. The van der Waals surface area contributed by atoms with Gasteiger partial charge in [0.25, 0.3) is 0 Å². The van der Waals surface area contributed by atoms with E-state index in [1.54, 1.807) is 4.68 Å². The molecular formula is C10H12N3O3-. The van der Waals surface area contributed by atoms with Gasteiger partial charge in [-0.05, 0) is 13.8 Å². The first kappa shape index (κ1) is 10.7. The van der Waals surface area contributed by atoms with E-state index in [-0.39, 0.29) is 6.42 Å². The van der Waals surface area contributed by atoms with Crippen LogP contribution in [0, 0.1) is 6.92 Å². The zero-order valence-corrected chi connectivity index (χ0v) is 9.14. The van der Waals surface area contributed by atoms with Gasteiger partial charge in [0, 0.05) is 24.7 Å². The molecule has 0 fully saturated rings. The van der Waals surface area contributed by atoms with Crippen molar-refractivity contribution >= 4 is 11.7 Å². The van der Waals surface area contributed by atoms with Gasteiger partial charge in [0.2, 0.25) is 0 Å². The Kier molecular flexibility index (Phi) is 2.64. The topological polar surface area (TPSA) is 79.5 Å². The van der Waals surface area contributed by atoms with Crippen LogP contribution in [-0.4, -0.2) is 27.6 Å². The van der Waals surface area contributed by atoms with Crippen molar-refractivity contribution in [3.8, 4) is 0 Å². The number of aryl methyl sites for hydroxylation is 2. The van der Waals surface area contributed by atoms with Gasteiger partial charge in [-0.1, -0.05) is 5.16 Å². The molecule has 86 valence electrons. The van der Waals surface area contributed by atoms with E-state index in [2.05, 4.69) is 10.3 Å². The van der Waals surface area contributed by atoms with Crippen LogP contribution in [0.2, 0.25) is 0 Å². The molecule has 0 spiro atoms. The number of carboxylic acids is 1. The van der Waals surface area contributed by atoms with Crippen molar-refractivity contribution in [1.82, 2.24) is 9.78 Å². The quantitative estimate of drug-likeness (QED) is 0.687. The fourth-order valence-electron chi connectivity index (χ4n) is 1.63. The van der Waals surface area contributed by atoms with Gasteiger partial charge in [-0.2, -0.15) is 5.10 Å². The smallest absolute Gasteiger partial charge is 0.172 e. The molecule has 1 aromatic heterocycles. The maximum Gasteiger partial charge on any atom is 0.172 e. The summed E-state index contributed by atoms with van der Waals surface area (Å²) < 4.78 is 1.78. The fourth-order valence-corrected chi connectivity index (χ4v) is 1.63. The summed E-state index contributed by atoms with van der Waals surface area (Å²) in [5.41, 5.74) is 2.28. The summed E-state index contributed by atoms with van der Waals surface area (Å²) in [4.78, 5) is 15.4. The lowest BCUT2D eigenvalue weighted by Crippen LogP contribution is -2.35. The van der Waals surface area contributed by atoms with Crippen molar-refractivity contribution in [3.63, 3.8) is 0 Å². The number of rotatable bonds is 3. The first-order chi connectivity index (χ1) is 7.61. The molecule has 0 saturated carbocycles. The third-order valence-electron chi connectivity index (χ3n) is 2.51. The van der Waals surface area contributed by atoms with E-state index < -0.39 is 12.1 Å². The first-order valence-corrected chi connectivity index (χ1v) is 5.09. The molecule has 0 N–H and O–H groups in total. The minimum absolute atomic E-state index is 0.235. The monoisotopic (exact) mass is 222 g/mol. The summed E-state index contributed by atoms with van der Waals surface area (Å²) in [6.07, 6.45) is 1.10. The average molecular weight is 222 g/mol. The third-order valence-corrected chi connectivity index (χ3v) is 2.51. The molecule has 1 aliphatic rings. The Bertz CT molecular complexity index is 450. The van der Waals surface area contributed by atoms with Crippen LogP contribution in [-0.2, 0) is 16.2 Å². The molecule has 2 heterocycles. The highest BCUT2D eigenvalue weighted by atomic mass is 16.7. The summed E-state index contributed by atoms with van der Waals surface area (Å²) in [5.74, 6) is -1.24. The zero-order valence-electron chi connectivity index (χ0n) is 9.14. The van der Waals surface area contributed by atoms with Crippen LogP contribution in [0.15, 0.2) is 11.4 Å². The maximum atomic E-state index is 10.6. The Morgan fingerprint density at radius 1 is 1.75 bits per heavy atom. The molecule has 0 amide bonds. The summed E-state index contributed by atoms with van der Waals surface area (Å²) in [6.45, 7) is 4.60. The third kappa shape index (κ3) is 1.78. The van der Waals surface area contributed by atoms with Gasteiger partial charge >= 0.3 is 0 Å². The van der Waals surface area contributed by atoms with Gasteiger partial charge in [-0.3, -0.25) is 4.68 Å². The normalized spacial score (nSPS) is 19.4. The number of aliphatic carboxylic acids is 1. The highest BCUT2D eigenvalue weighted by Crippen LogP contribution is 2.18. The van der Waals surface area contributed by atoms with E-state index in [0.717, 1.165) is 17.8 Å². The van der Waals surface area contributed by atoms with Gasteiger partial charge in [-0.15, -0.1) is 0 Å². The molecule has 1 aromatic rings. The van der Waals surface area contributed by atoms with E-state index >= 15 is 0 Å². The van der Waals surface area contributed by atoms with Gasteiger partial charge in [-0.25, -0.2) is 0 Å². The minimum atomic E-state index is -1.24. The van der Waals surface area contributed by atoms with Crippen LogP contribution in [0.25, 0.3) is 0 Å². The van der Waals surface area contributed by atoms with E-state index in [1.165, 1.54) is 0 Å². The Morgan fingerprint density at radius 3 is 3.00 bits per heavy atom. The van der Waals surface area contributed by atoms with Crippen LogP contribution in [0.4, 0.5) is 0 Å². The largest absolute Gasteiger partial charge is 0.546 e. The maximum absolute atomic E-state index is 10.6. The van der Waals surface area contributed by atoms with Crippen LogP contribution in [0.3, 0.4) is 0 Å². The van der Waals surface area contributed by atoms with Crippen molar-refractivity contribution in [2.45, 2.75) is 32.9 Å². The van der Waals surface area contributed by atoms with E-state index in [0.29, 0.717) is 5.71 Å². The molecule has 0 aromatic carbocycles. The Balaban J connectivity index is 2.20. The van der Waals surface area contributed by atoms with E-state index in [4.69, 9.17) is 4.84 Å². The number of hydrogen-bond donors (Lipinski definition) is 0. The molecule has 0 bridgehead atoms. The van der Waals surface area contributed by atoms with Gasteiger partial charge in [0.05, 0.1) is 17.4 Å². The minimum Gasteiger partial charge on any atom is -0.546 e. The molecule has 0 unspecified atom stereocenters. The van der Waals surface area contributed by atoms with Crippen molar-refractivity contribution in [1.29, 1.82) is 0 Å². The van der Waals surface area contributed by atoms with Crippen LogP contribution < -0.4 is 5.11 Å². The highest BCUT2D eigenvalue weighted by molar-refractivity contribution is 6.03. The molecule has 0 radical (unpaired) electrons. The first-order valence-electron chi connectivity index (χ1n) is 5.09. The molecule has 6 nitrogen and oxygen atoms in total. The predicted molar refractivity (Wildman–Crippen MR) is 53.7 cm³/mol. The molecular weight excluding hydrogens is 210 g/mol. The molecule has 16 heavy (non-hydrogen) atoms. The second-order valence-corrected chi connectivity index (χ2v) is 3.64. The van der Waals surface area contributed by atoms with Crippen LogP contribution in [0.5, 0.6) is 0 Å². The van der Waals surface area contributed by atoms with Crippen molar-refractivity contribution in [3.05, 3.63) is 17.5 Å². The second-order valence-electron chi connectivity index (χ2n) is 3.64. The number of carbonyl (C=O) groups is 1. The van der Waals surface area contributed by atoms with E-state index in [1.807, 2.05) is 20.0 Å². The number of aromatic nitrogens is 2. The number of oxime groups is 1. The van der Waals surface area contributed by atoms with Crippen molar-refractivity contribution < 1.29 is 14.7 Å². The Morgan fingerprint density at radius 2 is 2.50 bits per heavy atom. The predicted octanol–water partition coefficient (Wildman–Crippen LogP) is -0.546. The van der Waals surface area contributed by atoms with Crippen molar-refractivity contribution in [2.75, 3.05) is 0 Å². The number of hydrogen-bond acceptors (Lipinski definition) is 5. The summed E-state index contributed by atoms with van der Waals surface area (Å²) in [5, 5.41) is 18.6. The van der Waals surface area contributed by atoms with Gasteiger partial charge in [0.15, 0.2) is 6.10 Å². The molecule has 1 aliphatic heterocycles. The fraction of sp³-hybridized carbons (Fsp3) is 0.500. The summed E-state index contributed by atoms with van der Waals surface area (Å²) in [7, 11) is 0. The highest BCUT2D eigenvalue weighted by Gasteiger charge is 2.25. The lowest BCUT2D eigenvalue weighted by atomic mass is 10.1.